The summed E-state index contributed by atoms with van der Waals surface area (Å²) in [5.74, 6) is 0.461. The lowest BCUT2D eigenvalue weighted by Gasteiger charge is -2.06. The van der Waals surface area contributed by atoms with Crippen molar-refractivity contribution in [3.63, 3.8) is 0 Å². The predicted molar refractivity (Wildman–Crippen MR) is 64.5 cm³/mol. The van der Waals surface area contributed by atoms with Crippen molar-refractivity contribution in [3.05, 3.63) is 40.0 Å². The molecular formula is C11H13ClN4. The van der Waals surface area contributed by atoms with Crippen LogP contribution < -0.4 is 5.73 Å². The Morgan fingerprint density at radius 3 is 2.69 bits per heavy atom. The summed E-state index contributed by atoms with van der Waals surface area (Å²) >= 11 is 6.15. The molecule has 0 bridgehead atoms. The minimum atomic E-state index is 0.461. The van der Waals surface area contributed by atoms with E-state index in [1.165, 1.54) is 0 Å². The molecule has 0 amide bonds. The third-order valence-electron chi connectivity index (χ3n) is 2.55. The molecule has 16 heavy (non-hydrogen) atoms. The average molecular weight is 237 g/mol. The number of rotatable bonds is 2. The normalized spacial score (nSPS) is 10.7. The van der Waals surface area contributed by atoms with Crippen LogP contribution in [0.3, 0.4) is 0 Å². The van der Waals surface area contributed by atoms with Gasteiger partial charge in [0, 0.05) is 5.02 Å². The first-order valence-corrected chi connectivity index (χ1v) is 5.36. The summed E-state index contributed by atoms with van der Waals surface area (Å²) in [6, 6.07) is 5.96. The first-order chi connectivity index (χ1) is 7.58. The van der Waals surface area contributed by atoms with E-state index in [1.807, 2.05) is 32.0 Å². The molecule has 2 rings (SSSR count). The van der Waals surface area contributed by atoms with Gasteiger partial charge in [0.1, 0.15) is 0 Å². The smallest absolute Gasteiger partial charge is 0.168 e. The van der Waals surface area contributed by atoms with Gasteiger partial charge in [-0.3, -0.25) is 0 Å². The zero-order chi connectivity index (χ0) is 11.7. The van der Waals surface area contributed by atoms with Gasteiger partial charge in [0.2, 0.25) is 0 Å². The number of nitrogens with zero attached hydrogens (tertiary/aromatic N) is 3. The molecule has 0 atom stereocenters. The average Bonchev–Trinajstić information content (AvgIpc) is 2.54. The molecular weight excluding hydrogens is 224 g/mol. The lowest BCUT2D eigenvalue weighted by atomic mass is 10.1. The summed E-state index contributed by atoms with van der Waals surface area (Å²) < 4.78 is 1.74. The van der Waals surface area contributed by atoms with Gasteiger partial charge in [0.05, 0.1) is 12.2 Å². The topological polar surface area (TPSA) is 56.7 Å². The fraction of sp³-hybridized carbons (Fsp3) is 0.273. The number of benzene rings is 1. The Hall–Kier alpha value is -1.55. The van der Waals surface area contributed by atoms with E-state index in [4.69, 9.17) is 17.3 Å². The van der Waals surface area contributed by atoms with Gasteiger partial charge in [-0.05, 0) is 31.0 Å². The minimum Gasteiger partial charge on any atom is -0.381 e. The Morgan fingerprint density at radius 2 is 2.12 bits per heavy atom. The van der Waals surface area contributed by atoms with Gasteiger partial charge < -0.3 is 5.73 Å². The number of nitrogen functional groups attached to an aromatic ring is 1. The Bertz CT molecular complexity index is 519. The molecule has 0 aliphatic heterocycles. The van der Waals surface area contributed by atoms with Gasteiger partial charge in [-0.15, -0.1) is 5.10 Å². The number of nitrogens with two attached hydrogens (primary N) is 1. The van der Waals surface area contributed by atoms with E-state index in [9.17, 15) is 0 Å². The second-order valence-corrected chi connectivity index (χ2v) is 4.22. The highest BCUT2D eigenvalue weighted by molar-refractivity contribution is 6.31. The number of hydrogen-bond donors (Lipinski definition) is 1. The molecule has 0 spiro atoms. The summed E-state index contributed by atoms with van der Waals surface area (Å²) in [6.07, 6.45) is 0. The Labute approximate surface area is 99.0 Å². The molecule has 0 saturated carbocycles. The van der Waals surface area contributed by atoms with E-state index in [1.54, 1.807) is 4.68 Å². The van der Waals surface area contributed by atoms with E-state index >= 15 is 0 Å². The summed E-state index contributed by atoms with van der Waals surface area (Å²) in [5.41, 5.74) is 8.64. The lowest BCUT2D eigenvalue weighted by Crippen LogP contribution is -2.05. The fourth-order valence-electron chi connectivity index (χ4n) is 1.47. The Kier molecular flexibility index (Phi) is 2.83. The number of halogens is 1. The summed E-state index contributed by atoms with van der Waals surface area (Å²) in [7, 11) is 0. The van der Waals surface area contributed by atoms with Crippen molar-refractivity contribution in [2.75, 3.05) is 5.73 Å². The molecule has 4 nitrogen and oxygen atoms in total. The van der Waals surface area contributed by atoms with Crippen LogP contribution in [0.4, 0.5) is 5.82 Å². The highest BCUT2D eigenvalue weighted by Gasteiger charge is 2.07. The monoisotopic (exact) mass is 236 g/mol. The van der Waals surface area contributed by atoms with Crippen LogP contribution in [0.5, 0.6) is 0 Å². The molecule has 84 valence electrons. The molecule has 0 fully saturated rings. The van der Waals surface area contributed by atoms with Crippen LogP contribution in [0.15, 0.2) is 18.2 Å². The minimum absolute atomic E-state index is 0.461. The van der Waals surface area contributed by atoms with Gasteiger partial charge in [-0.2, -0.15) is 0 Å². The maximum absolute atomic E-state index is 6.15. The molecule has 0 aliphatic carbocycles. The summed E-state index contributed by atoms with van der Waals surface area (Å²) in [5, 5.41) is 8.51. The highest BCUT2D eigenvalue weighted by atomic mass is 35.5. The third-order valence-corrected chi connectivity index (χ3v) is 2.90. The molecule has 1 heterocycles. The molecule has 5 heteroatoms. The van der Waals surface area contributed by atoms with Gasteiger partial charge in [-0.1, -0.05) is 28.9 Å². The van der Waals surface area contributed by atoms with Crippen LogP contribution in [0.2, 0.25) is 5.02 Å². The Morgan fingerprint density at radius 1 is 1.38 bits per heavy atom. The second kappa shape index (κ2) is 4.14. The molecule has 2 aromatic rings. The van der Waals surface area contributed by atoms with Gasteiger partial charge in [0.15, 0.2) is 5.82 Å². The first kappa shape index (κ1) is 11.0. The van der Waals surface area contributed by atoms with E-state index in [0.717, 1.165) is 21.8 Å². The van der Waals surface area contributed by atoms with Gasteiger partial charge in [-0.25, -0.2) is 4.68 Å². The lowest BCUT2D eigenvalue weighted by molar-refractivity contribution is 0.633. The van der Waals surface area contributed by atoms with Crippen molar-refractivity contribution in [1.29, 1.82) is 0 Å². The van der Waals surface area contributed by atoms with Crippen molar-refractivity contribution in [2.24, 2.45) is 0 Å². The molecule has 2 N–H and O–H groups in total. The highest BCUT2D eigenvalue weighted by Crippen LogP contribution is 2.19. The van der Waals surface area contributed by atoms with Crippen LogP contribution in [0, 0.1) is 13.8 Å². The van der Waals surface area contributed by atoms with Crippen LogP contribution in [0.25, 0.3) is 0 Å². The first-order valence-electron chi connectivity index (χ1n) is 4.98. The van der Waals surface area contributed by atoms with Crippen molar-refractivity contribution >= 4 is 17.4 Å². The maximum atomic E-state index is 6.15. The van der Waals surface area contributed by atoms with E-state index < -0.39 is 0 Å². The van der Waals surface area contributed by atoms with Gasteiger partial charge in [0.25, 0.3) is 0 Å². The maximum Gasteiger partial charge on any atom is 0.168 e. The second-order valence-electron chi connectivity index (χ2n) is 3.81. The van der Waals surface area contributed by atoms with Gasteiger partial charge >= 0.3 is 0 Å². The van der Waals surface area contributed by atoms with Crippen LogP contribution in [-0.2, 0) is 6.54 Å². The summed E-state index contributed by atoms with van der Waals surface area (Å²) in [4.78, 5) is 0. The van der Waals surface area contributed by atoms with Crippen LogP contribution >= 0.6 is 11.6 Å². The van der Waals surface area contributed by atoms with E-state index in [0.29, 0.717) is 12.4 Å². The van der Waals surface area contributed by atoms with Crippen LogP contribution in [-0.4, -0.2) is 15.0 Å². The number of aromatic nitrogens is 3. The molecule has 1 aromatic heterocycles. The van der Waals surface area contributed by atoms with Crippen LogP contribution in [0.1, 0.15) is 16.8 Å². The Balaban J connectivity index is 2.30. The standard InChI is InChI=1S/C11H13ClN4/c1-7-3-4-9(10(12)5-7)6-16-8(2)11(13)14-15-16/h3-5H,6,13H2,1-2H3. The third kappa shape index (κ3) is 2.02. The quantitative estimate of drug-likeness (QED) is 0.870. The zero-order valence-electron chi connectivity index (χ0n) is 9.24. The zero-order valence-corrected chi connectivity index (χ0v) is 9.99. The fourth-order valence-corrected chi connectivity index (χ4v) is 1.76. The molecule has 1 aromatic carbocycles. The largest absolute Gasteiger partial charge is 0.381 e. The van der Waals surface area contributed by atoms with Crippen molar-refractivity contribution in [3.8, 4) is 0 Å². The van der Waals surface area contributed by atoms with Crippen molar-refractivity contribution in [1.82, 2.24) is 15.0 Å². The van der Waals surface area contributed by atoms with Crippen molar-refractivity contribution < 1.29 is 0 Å². The summed E-state index contributed by atoms with van der Waals surface area (Å²) in [6.45, 7) is 4.49. The van der Waals surface area contributed by atoms with E-state index in [-0.39, 0.29) is 0 Å². The predicted octanol–water partition coefficient (Wildman–Crippen LogP) is 2.18. The molecule has 0 aliphatic rings. The number of hydrogen-bond acceptors (Lipinski definition) is 3. The SMILES string of the molecule is Cc1ccc(Cn2nnc(N)c2C)c(Cl)c1. The molecule has 0 saturated heterocycles. The molecule has 0 unspecified atom stereocenters. The number of anilines is 1. The number of aryl methyl sites for hydroxylation is 1. The van der Waals surface area contributed by atoms with Crippen molar-refractivity contribution in [2.45, 2.75) is 20.4 Å². The van der Waals surface area contributed by atoms with E-state index in [2.05, 4.69) is 10.3 Å². The molecule has 0 radical (unpaired) electrons.